The molecule has 14 heavy (non-hydrogen) atoms. The third-order valence-corrected chi connectivity index (χ3v) is 3.03. The second-order valence-corrected chi connectivity index (χ2v) is 4.02. The summed E-state index contributed by atoms with van der Waals surface area (Å²) >= 11 is 1.31. The van der Waals surface area contributed by atoms with Crippen molar-refractivity contribution >= 4 is 21.6 Å². The van der Waals surface area contributed by atoms with E-state index in [2.05, 4.69) is 4.98 Å². The molecule has 1 heterocycles. The summed E-state index contributed by atoms with van der Waals surface area (Å²) in [5.74, 6) is -0.287. The summed E-state index contributed by atoms with van der Waals surface area (Å²) in [4.78, 5) is 4.19. The van der Waals surface area contributed by atoms with E-state index in [1.807, 2.05) is 0 Å². The van der Waals surface area contributed by atoms with E-state index in [0.717, 1.165) is 10.2 Å². The van der Waals surface area contributed by atoms with E-state index in [-0.39, 0.29) is 12.4 Å². The molecule has 0 aliphatic carbocycles. The average molecular weight is 212 g/mol. The molecule has 74 valence electrons. The number of nitrogens with two attached hydrogens (primary N) is 1. The van der Waals surface area contributed by atoms with Crippen LogP contribution in [0, 0.1) is 5.82 Å². The van der Waals surface area contributed by atoms with Gasteiger partial charge in [0.15, 0.2) is 0 Å². The maximum atomic E-state index is 12.8. The van der Waals surface area contributed by atoms with Crippen molar-refractivity contribution in [1.82, 2.24) is 4.98 Å². The van der Waals surface area contributed by atoms with Gasteiger partial charge in [0.25, 0.3) is 0 Å². The van der Waals surface area contributed by atoms with Crippen LogP contribution >= 0.6 is 11.3 Å². The van der Waals surface area contributed by atoms with Crippen LogP contribution in [0.4, 0.5) is 4.39 Å². The van der Waals surface area contributed by atoms with Gasteiger partial charge in [0.2, 0.25) is 0 Å². The number of aliphatic hydroxyl groups is 1. The van der Waals surface area contributed by atoms with Crippen LogP contribution < -0.4 is 5.73 Å². The Morgan fingerprint density at radius 1 is 1.57 bits per heavy atom. The molecule has 2 aromatic rings. The summed E-state index contributed by atoms with van der Waals surface area (Å²) in [5.41, 5.74) is 6.32. The van der Waals surface area contributed by atoms with Crippen molar-refractivity contribution in [1.29, 1.82) is 0 Å². The van der Waals surface area contributed by atoms with E-state index in [4.69, 9.17) is 10.8 Å². The van der Waals surface area contributed by atoms with Gasteiger partial charge in [-0.2, -0.15) is 0 Å². The highest BCUT2D eigenvalue weighted by Gasteiger charge is 2.10. The lowest BCUT2D eigenvalue weighted by Gasteiger charge is -2.00. The Morgan fingerprint density at radius 3 is 3.07 bits per heavy atom. The molecule has 1 aromatic heterocycles. The molecule has 1 atom stereocenters. The Balaban J connectivity index is 2.51. The second kappa shape index (κ2) is 3.61. The van der Waals surface area contributed by atoms with E-state index in [1.165, 1.54) is 23.5 Å². The number of thiazole rings is 1. The van der Waals surface area contributed by atoms with E-state index in [1.54, 1.807) is 6.07 Å². The van der Waals surface area contributed by atoms with Gasteiger partial charge >= 0.3 is 0 Å². The third kappa shape index (κ3) is 1.61. The molecule has 3 nitrogen and oxygen atoms in total. The lowest BCUT2D eigenvalue weighted by Crippen LogP contribution is -2.13. The summed E-state index contributed by atoms with van der Waals surface area (Å²) in [6.07, 6.45) is 0. The van der Waals surface area contributed by atoms with Crippen LogP contribution in [0.25, 0.3) is 10.2 Å². The number of fused-ring (bicyclic) bond motifs is 1. The first-order chi connectivity index (χ1) is 6.70. The van der Waals surface area contributed by atoms with Gasteiger partial charge in [-0.1, -0.05) is 0 Å². The van der Waals surface area contributed by atoms with E-state index >= 15 is 0 Å². The zero-order valence-electron chi connectivity index (χ0n) is 7.27. The first-order valence-electron chi connectivity index (χ1n) is 4.13. The molecular weight excluding hydrogens is 203 g/mol. The monoisotopic (exact) mass is 212 g/mol. The molecule has 0 saturated carbocycles. The van der Waals surface area contributed by atoms with Crippen molar-refractivity contribution in [3.63, 3.8) is 0 Å². The van der Waals surface area contributed by atoms with Crippen LogP contribution in [0.1, 0.15) is 11.0 Å². The van der Waals surface area contributed by atoms with Crippen molar-refractivity contribution in [2.24, 2.45) is 5.73 Å². The third-order valence-electron chi connectivity index (χ3n) is 1.88. The highest BCUT2D eigenvalue weighted by atomic mass is 32.1. The molecule has 1 unspecified atom stereocenters. The Labute approximate surface area is 84.0 Å². The number of hydrogen-bond donors (Lipinski definition) is 2. The molecule has 0 aliphatic rings. The normalized spacial score (nSPS) is 13.4. The largest absolute Gasteiger partial charge is 0.394 e. The molecule has 3 N–H and O–H groups in total. The van der Waals surface area contributed by atoms with Crippen LogP contribution in [0.5, 0.6) is 0 Å². The fourth-order valence-electron chi connectivity index (χ4n) is 1.15. The van der Waals surface area contributed by atoms with Crippen molar-refractivity contribution < 1.29 is 9.50 Å². The van der Waals surface area contributed by atoms with Crippen LogP contribution in [0.15, 0.2) is 18.2 Å². The van der Waals surface area contributed by atoms with E-state index in [0.29, 0.717) is 5.01 Å². The zero-order valence-corrected chi connectivity index (χ0v) is 8.09. The lowest BCUT2D eigenvalue weighted by molar-refractivity contribution is 0.268. The van der Waals surface area contributed by atoms with E-state index in [9.17, 15) is 4.39 Å². The summed E-state index contributed by atoms with van der Waals surface area (Å²) in [7, 11) is 0. The first-order valence-corrected chi connectivity index (χ1v) is 4.95. The van der Waals surface area contributed by atoms with Crippen LogP contribution in [0.3, 0.4) is 0 Å². The molecule has 5 heteroatoms. The standard InChI is InChI=1S/C9H9FN2OS/c10-5-1-2-7-8(3-5)14-9(12-7)6(11)4-13/h1-3,6,13H,4,11H2. The predicted octanol–water partition coefficient (Wildman–Crippen LogP) is 1.43. The molecule has 0 spiro atoms. The number of aliphatic hydroxyl groups excluding tert-OH is 1. The fourth-order valence-corrected chi connectivity index (χ4v) is 2.14. The minimum atomic E-state index is -0.476. The molecule has 0 fully saturated rings. The summed E-state index contributed by atoms with van der Waals surface area (Å²) < 4.78 is 13.6. The van der Waals surface area contributed by atoms with Gasteiger partial charge in [-0.3, -0.25) is 0 Å². The fraction of sp³-hybridized carbons (Fsp3) is 0.222. The summed E-state index contributed by atoms with van der Waals surface area (Å²) in [6, 6.07) is 3.90. The number of halogens is 1. The Kier molecular flexibility index (Phi) is 2.45. The maximum Gasteiger partial charge on any atom is 0.124 e. The van der Waals surface area contributed by atoms with E-state index < -0.39 is 6.04 Å². The van der Waals surface area contributed by atoms with Gasteiger partial charge in [-0.05, 0) is 18.2 Å². The minimum absolute atomic E-state index is 0.150. The zero-order chi connectivity index (χ0) is 10.1. The smallest absolute Gasteiger partial charge is 0.124 e. The number of aromatic nitrogens is 1. The van der Waals surface area contributed by atoms with Gasteiger partial charge in [0, 0.05) is 0 Å². The molecule has 1 aromatic carbocycles. The van der Waals surface area contributed by atoms with Crippen LogP contribution in [-0.2, 0) is 0 Å². The quantitative estimate of drug-likeness (QED) is 0.791. The average Bonchev–Trinajstić information content (AvgIpc) is 2.59. The Morgan fingerprint density at radius 2 is 2.36 bits per heavy atom. The molecule has 0 bridgehead atoms. The van der Waals surface area contributed by atoms with Gasteiger partial charge in [0.05, 0.1) is 22.9 Å². The van der Waals surface area contributed by atoms with Crippen molar-refractivity contribution in [3.8, 4) is 0 Å². The second-order valence-electron chi connectivity index (χ2n) is 2.95. The Bertz CT molecular complexity index is 457. The molecule has 0 amide bonds. The van der Waals surface area contributed by atoms with Crippen molar-refractivity contribution in [2.45, 2.75) is 6.04 Å². The number of nitrogens with zero attached hydrogens (tertiary/aromatic N) is 1. The first kappa shape index (κ1) is 9.51. The molecule has 0 aliphatic heterocycles. The van der Waals surface area contributed by atoms with Crippen LogP contribution in [-0.4, -0.2) is 16.7 Å². The number of rotatable bonds is 2. The summed E-state index contributed by atoms with van der Waals surface area (Å²) in [6.45, 7) is -0.150. The highest BCUT2D eigenvalue weighted by molar-refractivity contribution is 7.18. The SMILES string of the molecule is NC(CO)c1nc2ccc(F)cc2s1. The molecular formula is C9H9FN2OS. The minimum Gasteiger partial charge on any atom is -0.394 e. The van der Waals surface area contributed by atoms with Crippen molar-refractivity contribution in [2.75, 3.05) is 6.61 Å². The van der Waals surface area contributed by atoms with Crippen molar-refractivity contribution in [3.05, 3.63) is 29.0 Å². The number of benzene rings is 1. The highest BCUT2D eigenvalue weighted by Crippen LogP contribution is 2.25. The number of hydrogen-bond acceptors (Lipinski definition) is 4. The van der Waals surface area contributed by atoms with Gasteiger partial charge < -0.3 is 10.8 Å². The lowest BCUT2D eigenvalue weighted by atomic mass is 10.3. The Hall–Kier alpha value is -1.04. The summed E-state index contributed by atoms with van der Waals surface area (Å²) in [5, 5.41) is 9.47. The van der Waals surface area contributed by atoms with Crippen LogP contribution in [0.2, 0.25) is 0 Å². The maximum absolute atomic E-state index is 12.8. The van der Waals surface area contributed by atoms with Gasteiger partial charge in [0.1, 0.15) is 10.8 Å². The van der Waals surface area contributed by atoms with Gasteiger partial charge in [-0.15, -0.1) is 11.3 Å². The van der Waals surface area contributed by atoms with Gasteiger partial charge in [-0.25, -0.2) is 9.37 Å². The molecule has 2 rings (SSSR count). The molecule has 0 saturated heterocycles. The topological polar surface area (TPSA) is 59.1 Å². The predicted molar refractivity (Wildman–Crippen MR) is 53.6 cm³/mol. The molecule has 0 radical (unpaired) electrons.